The molecule has 0 aliphatic rings. The van der Waals surface area contributed by atoms with Crippen molar-refractivity contribution in [1.82, 2.24) is 0 Å². The van der Waals surface area contributed by atoms with Crippen LogP contribution in [0.5, 0.6) is 0 Å². The third-order valence-corrected chi connectivity index (χ3v) is 3.42. The topological polar surface area (TPSA) is 52.3 Å². The first-order valence-electron chi connectivity index (χ1n) is 4.12. The number of amides is 1. The van der Waals surface area contributed by atoms with Gasteiger partial charge in [-0.15, -0.1) is 0 Å². The second kappa shape index (κ2) is 8.02. The average Bonchev–Trinajstić information content (AvgIpc) is 2.18. The predicted octanol–water partition coefficient (Wildman–Crippen LogP) is 3.00. The van der Waals surface area contributed by atoms with E-state index in [1.807, 2.05) is 24.3 Å². The van der Waals surface area contributed by atoms with Gasteiger partial charge >= 0.3 is 6.09 Å². The Hall–Kier alpha value is -0.187. The van der Waals surface area contributed by atoms with Gasteiger partial charge in [0.2, 0.25) is 0 Å². The molecular weight excluding hydrogens is 284 g/mol. The third kappa shape index (κ3) is 5.45. The van der Waals surface area contributed by atoms with E-state index in [0.717, 1.165) is 22.4 Å². The number of nitrogens with two attached hydrogens (primary N) is 1. The van der Waals surface area contributed by atoms with Crippen LogP contribution in [-0.4, -0.2) is 6.09 Å². The first kappa shape index (κ1) is 14.8. The fourth-order valence-electron chi connectivity index (χ4n) is 0.964. The molecule has 1 aromatic carbocycles. The number of hydrogen-bond acceptors (Lipinski definition) is 4. The van der Waals surface area contributed by atoms with Gasteiger partial charge in [0.1, 0.15) is 11.1 Å². The summed E-state index contributed by atoms with van der Waals surface area (Å²) in [6.07, 6.45) is 0.191. The van der Waals surface area contributed by atoms with Crippen LogP contribution in [0.4, 0.5) is 4.79 Å². The van der Waals surface area contributed by atoms with E-state index < -0.39 is 6.09 Å². The predicted molar refractivity (Wildman–Crippen MR) is 59.9 cm³/mol. The van der Waals surface area contributed by atoms with E-state index in [9.17, 15) is 4.79 Å². The second-order valence-electron chi connectivity index (χ2n) is 2.52. The molecule has 6 heteroatoms. The summed E-state index contributed by atoms with van der Waals surface area (Å²) in [6.45, 7) is 2.08. The number of primary amides is 1. The summed E-state index contributed by atoms with van der Waals surface area (Å²) < 4.78 is 4.56. The zero-order valence-electron chi connectivity index (χ0n) is 8.43. The number of hydrogen-bond donors (Lipinski definition) is 1. The molecule has 0 fully saturated rings. The molecule has 0 spiro atoms. The molecule has 0 heterocycles. The van der Waals surface area contributed by atoms with Gasteiger partial charge in [-0.2, -0.15) is 0 Å². The summed E-state index contributed by atoms with van der Waals surface area (Å²) in [4.78, 5) is 11.4. The number of carbonyl (C=O) groups excluding carboxylic acids is 1. The second-order valence-corrected chi connectivity index (χ2v) is 4.33. The van der Waals surface area contributed by atoms with Crippen molar-refractivity contribution in [2.24, 2.45) is 5.73 Å². The van der Waals surface area contributed by atoms with Crippen LogP contribution in [-0.2, 0) is 30.1 Å². The van der Waals surface area contributed by atoms with Crippen LogP contribution in [0.15, 0.2) is 29.2 Å². The van der Waals surface area contributed by atoms with Gasteiger partial charge < -0.3 is 9.92 Å². The van der Waals surface area contributed by atoms with Gasteiger partial charge in [0.25, 0.3) is 0 Å². The van der Waals surface area contributed by atoms with Gasteiger partial charge in [-0.25, -0.2) is 4.79 Å². The van der Waals surface area contributed by atoms with E-state index >= 15 is 0 Å². The van der Waals surface area contributed by atoms with Crippen molar-refractivity contribution in [2.75, 3.05) is 0 Å². The van der Waals surface area contributed by atoms with Gasteiger partial charge in [-0.05, 0) is 28.8 Å². The van der Waals surface area contributed by atoms with Crippen LogP contribution in [0.25, 0.3) is 0 Å². The van der Waals surface area contributed by atoms with Crippen molar-refractivity contribution in [3.8, 4) is 0 Å². The van der Waals surface area contributed by atoms with E-state index in [0.29, 0.717) is 0 Å². The largest absolute Gasteiger partial charge is 0.417 e. The Kier molecular flexibility index (Phi) is 7.92. The Morgan fingerprint density at radius 1 is 1.47 bits per heavy atom. The smallest absolute Gasteiger partial charge is 0.363 e. The van der Waals surface area contributed by atoms with Crippen LogP contribution in [0.2, 0.25) is 0 Å². The van der Waals surface area contributed by atoms with Crippen molar-refractivity contribution in [3.05, 3.63) is 29.8 Å². The standard InChI is InChI=1S/C9H11NO2S2.Zn/c1-2-7-5-3-4-6-8(7)13-14-12-9(10)11;/h3-6H,2H2,1H3,(H2,10,11);. The molecule has 0 bridgehead atoms. The number of rotatable bonds is 4. The zero-order chi connectivity index (χ0) is 10.4. The molecule has 0 saturated carbocycles. The Morgan fingerprint density at radius 3 is 2.73 bits per heavy atom. The first-order chi connectivity index (χ1) is 6.74. The van der Waals surface area contributed by atoms with E-state index in [1.54, 1.807) is 0 Å². The molecule has 0 saturated heterocycles. The summed E-state index contributed by atoms with van der Waals surface area (Å²) in [5, 5.41) is 0. The molecule has 3 nitrogen and oxygen atoms in total. The maximum atomic E-state index is 10.3. The van der Waals surface area contributed by atoms with Crippen molar-refractivity contribution < 1.29 is 28.5 Å². The fourth-order valence-corrected chi connectivity index (χ4v) is 2.60. The van der Waals surface area contributed by atoms with Gasteiger partial charge in [-0.1, -0.05) is 25.1 Å². The maximum absolute atomic E-state index is 10.3. The Bertz CT molecular complexity index is 323. The zero-order valence-corrected chi connectivity index (χ0v) is 13.0. The molecule has 78 valence electrons. The van der Waals surface area contributed by atoms with Crippen molar-refractivity contribution >= 4 is 28.0 Å². The summed E-state index contributed by atoms with van der Waals surface area (Å²) in [7, 11) is 1.39. The Balaban J connectivity index is 0.00000196. The summed E-state index contributed by atoms with van der Waals surface area (Å²) in [5.41, 5.74) is 6.07. The van der Waals surface area contributed by atoms with Gasteiger partial charge in [0.05, 0.1) is 0 Å². The molecule has 0 aliphatic carbocycles. The molecule has 1 aromatic rings. The van der Waals surface area contributed by atoms with Gasteiger partial charge in [-0.3, -0.25) is 0 Å². The van der Waals surface area contributed by atoms with Crippen molar-refractivity contribution in [2.45, 2.75) is 18.2 Å². The monoisotopic (exact) mass is 293 g/mol. The Morgan fingerprint density at radius 2 is 2.13 bits per heavy atom. The third-order valence-electron chi connectivity index (χ3n) is 1.59. The van der Waals surface area contributed by atoms with E-state index in [1.165, 1.54) is 16.4 Å². The summed E-state index contributed by atoms with van der Waals surface area (Å²) in [5.74, 6) is 0. The van der Waals surface area contributed by atoms with E-state index in [-0.39, 0.29) is 19.5 Å². The molecule has 1 amide bonds. The molecule has 2 N–H and O–H groups in total. The average molecular weight is 295 g/mol. The maximum Gasteiger partial charge on any atom is 0.417 e. The number of carbonyl (C=O) groups is 1. The molecular formula is C9H11NO2S2Zn. The van der Waals surface area contributed by atoms with Crippen LogP contribution < -0.4 is 5.73 Å². The van der Waals surface area contributed by atoms with Crippen molar-refractivity contribution in [1.29, 1.82) is 0 Å². The molecule has 0 radical (unpaired) electrons. The number of benzene rings is 1. The molecule has 1 rings (SSSR count). The van der Waals surface area contributed by atoms with Crippen molar-refractivity contribution in [3.63, 3.8) is 0 Å². The molecule has 15 heavy (non-hydrogen) atoms. The van der Waals surface area contributed by atoms with Crippen LogP contribution in [0.1, 0.15) is 12.5 Å². The minimum atomic E-state index is -0.767. The minimum absolute atomic E-state index is 0. The summed E-state index contributed by atoms with van der Waals surface area (Å²) >= 11 is 0.986. The van der Waals surface area contributed by atoms with E-state index in [2.05, 4.69) is 11.1 Å². The Labute approximate surface area is 110 Å². The van der Waals surface area contributed by atoms with E-state index in [4.69, 9.17) is 5.73 Å². The normalized spacial score (nSPS) is 9.13. The SMILES string of the molecule is CCc1ccccc1SSOC(N)=O.[Zn]. The summed E-state index contributed by atoms with van der Waals surface area (Å²) in [6, 6.07) is 7.98. The van der Waals surface area contributed by atoms with Crippen LogP contribution in [0, 0.1) is 0 Å². The van der Waals surface area contributed by atoms with Gasteiger partial charge in [0, 0.05) is 24.4 Å². The van der Waals surface area contributed by atoms with Gasteiger partial charge in [0.15, 0.2) is 0 Å². The van der Waals surface area contributed by atoms with Crippen LogP contribution >= 0.6 is 21.9 Å². The first-order valence-corrected chi connectivity index (χ1v) is 6.20. The number of aryl methyl sites for hydroxylation is 1. The quantitative estimate of drug-likeness (QED) is 0.527. The van der Waals surface area contributed by atoms with Crippen LogP contribution in [0.3, 0.4) is 0 Å². The minimum Gasteiger partial charge on any atom is -0.363 e. The molecule has 0 aromatic heterocycles. The molecule has 0 aliphatic heterocycles. The molecule has 0 atom stereocenters. The molecule has 0 unspecified atom stereocenters. The fraction of sp³-hybridized carbons (Fsp3) is 0.222.